The summed E-state index contributed by atoms with van der Waals surface area (Å²) in [6, 6.07) is 1.70. The minimum absolute atomic E-state index is 0.425. The van der Waals surface area contributed by atoms with Crippen molar-refractivity contribution in [1.82, 2.24) is 0 Å². The Morgan fingerprint density at radius 1 is 1.13 bits per heavy atom. The Morgan fingerprint density at radius 2 is 1.53 bits per heavy atom. The highest BCUT2D eigenvalue weighted by Crippen LogP contribution is 2.29. The van der Waals surface area contributed by atoms with Gasteiger partial charge in [0.15, 0.2) is 0 Å². The van der Waals surface area contributed by atoms with Crippen LogP contribution < -0.4 is 10.6 Å². The Bertz CT molecular complexity index is 384. The van der Waals surface area contributed by atoms with Crippen LogP contribution in [0, 0.1) is 27.7 Å². The van der Waals surface area contributed by atoms with Gasteiger partial charge in [-0.15, -0.1) is 0 Å². The van der Waals surface area contributed by atoms with E-state index in [0.717, 1.165) is 16.8 Å². The lowest BCUT2D eigenvalue weighted by atomic mass is 9.98. The summed E-state index contributed by atoms with van der Waals surface area (Å²) in [6.07, 6.45) is 0. The van der Waals surface area contributed by atoms with Crippen LogP contribution >= 0.6 is 0 Å². The van der Waals surface area contributed by atoms with Gasteiger partial charge in [-0.2, -0.15) is 0 Å². The van der Waals surface area contributed by atoms with E-state index < -0.39 is 6.03 Å². The summed E-state index contributed by atoms with van der Waals surface area (Å²) in [6.45, 7) is 8.10. The van der Waals surface area contributed by atoms with Crippen molar-refractivity contribution in [3.63, 3.8) is 0 Å². The van der Waals surface area contributed by atoms with Crippen molar-refractivity contribution in [3.05, 3.63) is 28.3 Å². The summed E-state index contributed by atoms with van der Waals surface area (Å²) in [5.74, 6) is 0. The monoisotopic (exact) mass is 206 g/mol. The van der Waals surface area contributed by atoms with Crippen molar-refractivity contribution in [2.75, 3.05) is 11.9 Å². The number of carbonyl (C=O) groups excluding carboxylic acids is 1. The van der Waals surface area contributed by atoms with Crippen LogP contribution in [0.5, 0.6) is 0 Å². The highest BCUT2D eigenvalue weighted by molar-refractivity contribution is 5.92. The Kier molecular flexibility index (Phi) is 3.03. The van der Waals surface area contributed by atoms with Gasteiger partial charge in [-0.3, -0.25) is 4.90 Å². The molecule has 82 valence electrons. The lowest BCUT2D eigenvalue weighted by Gasteiger charge is -2.22. The molecule has 1 rings (SSSR count). The summed E-state index contributed by atoms with van der Waals surface area (Å²) in [5.41, 5.74) is 10.8. The molecule has 0 saturated heterocycles. The first kappa shape index (κ1) is 11.6. The van der Waals surface area contributed by atoms with Crippen LogP contribution in [0.25, 0.3) is 0 Å². The third-order valence-corrected chi connectivity index (χ3v) is 2.99. The zero-order chi connectivity index (χ0) is 11.7. The second kappa shape index (κ2) is 3.93. The number of benzene rings is 1. The van der Waals surface area contributed by atoms with E-state index in [1.165, 1.54) is 16.0 Å². The highest BCUT2D eigenvalue weighted by Gasteiger charge is 2.15. The fraction of sp³-hybridized carbons (Fsp3) is 0.417. The quantitative estimate of drug-likeness (QED) is 0.753. The van der Waals surface area contributed by atoms with Crippen LogP contribution in [-0.4, -0.2) is 13.1 Å². The molecular formula is C12H18N2O. The smallest absolute Gasteiger partial charge is 0.319 e. The fourth-order valence-corrected chi connectivity index (χ4v) is 1.81. The van der Waals surface area contributed by atoms with Gasteiger partial charge in [0.25, 0.3) is 0 Å². The topological polar surface area (TPSA) is 46.3 Å². The van der Waals surface area contributed by atoms with Gasteiger partial charge in [0.05, 0.1) is 5.69 Å². The number of primary amides is 1. The molecule has 0 aliphatic heterocycles. The molecule has 0 aromatic heterocycles. The highest BCUT2D eigenvalue weighted by atomic mass is 16.2. The Hall–Kier alpha value is -1.51. The van der Waals surface area contributed by atoms with E-state index in [1.54, 1.807) is 7.05 Å². The van der Waals surface area contributed by atoms with Crippen molar-refractivity contribution in [2.24, 2.45) is 5.73 Å². The molecule has 0 aliphatic rings. The zero-order valence-corrected chi connectivity index (χ0v) is 10.0. The molecule has 3 heteroatoms. The van der Waals surface area contributed by atoms with Crippen molar-refractivity contribution >= 4 is 11.7 Å². The second-order valence-corrected chi connectivity index (χ2v) is 4.01. The van der Waals surface area contributed by atoms with Crippen LogP contribution in [0.3, 0.4) is 0 Å². The Morgan fingerprint density at radius 3 is 1.87 bits per heavy atom. The maximum absolute atomic E-state index is 11.2. The summed E-state index contributed by atoms with van der Waals surface area (Å²) < 4.78 is 0. The third-order valence-electron chi connectivity index (χ3n) is 2.99. The molecule has 0 radical (unpaired) electrons. The van der Waals surface area contributed by atoms with E-state index in [-0.39, 0.29) is 0 Å². The predicted molar refractivity (Wildman–Crippen MR) is 63.4 cm³/mol. The first-order chi connectivity index (χ1) is 6.86. The van der Waals surface area contributed by atoms with Crippen molar-refractivity contribution in [1.29, 1.82) is 0 Å². The molecule has 2 amide bonds. The molecule has 0 aliphatic carbocycles. The maximum Gasteiger partial charge on any atom is 0.319 e. The number of aryl methyl sites for hydroxylation is 2. The maximum atomic E-state index is 11.2. The van der Waals surface area contributed by atoms with Crippen molar-refractivity contribution < 1.29 is 4.79 Å². The van der Waals surface area contributed by atoms with E-state index in [4.69, 9.17) is 5.73 Å². The lowest BCUT2D eigenvalue weighted by molar-refractivity contribution is 0.255. The van der Waals surface area contributed by atoms with Gasteiger partial charge in [-0.1, -0.05) is 6.07 Å². The molecule has 3 nitrogen and oxygen atoms in total. The van der Waals surface area contributed by atoms with Crippen LogP contribution in [0.4, 0.5) is 10.5 Å². The normalized spacial score (nSPS) is 10.2. The van der Waals surface area contributed by atoms with Gasteiger partial charge in [0.2, 0.25) is 0 Å². The summed E-state index contributed by atoms with van der Waals surface area (Å²) in [5, 5.41) is 0. The number of anilines is 1. The van der Waals surface area contributed by atoms with Gasteiger partial charge in [0.1, 0.15) is 0 Å². The number of hydrogen-bond donors (Lipinski definition) is 1. The molecule has 0 unspecified atom stereocenters. The largest absolute Gasteiger partial charge is 0.351 e. The van der Waals surface area contributed by atoms with Gasteiger partial charge in [-0.05, 0) is 49.9 Å². The lowest BCUT2D eigenvalue weighted by Crippen LogP contribution is -2.33. The molecule has 0 saturated carbocycles. The number of nitrogens with zero attached hydrogens (tertiary/aromatic N) is 1. The minimum atomic E-state index is -0.425. The van der Waals surface area contributed by atoms with Gasteiger partial charge in [-0.25, -0.2) is 4.79 Å². The van der Waals surface area contributed by atoms with Crippen molar-refractivity contribution in [3.8, 4) is 0 Å². The first-order valence-electron chi connectivity index (χ1n) is 4.96. The Labute approximate surface area is 90.9 Å². The number of carbonyl (C=O) groups is 1. The average molecular weight is 206 g/mol. The van der Waals surface area contributed by atoms with Crippen LogP contribution in [0.15, 0.2) is 6.07 Å². The van der Waals surface area contributed by atoms with E-state index in [2.05, 4.69) is 6.07 Å². The molecule has 0 spiro atoms. The molecule has 0 atom stereocenters. The van der Waals surface area contributed by atoms with Crippen LogP contribution in [-0.2, 0) is 0 Å². The molecule has 0 bridgehead atoms. The van der Waals surface area contributed by atoms with E-state index in [9.17, 15) is 4.79 Å². The number of rotatable bonds is 1. The molecule has 1 aromatic rings. The molecule has 1 aromatic carbocycles. The predicted octanol–water partition coefficient (Wildman–Crippen LogP) is 2.44. The first-order valence-corrected chi connectivity index (χ1v) is 4.96. The number of nitrogens with two attached hydrogens (primary N) is 1. The molecular weight excluding hydrogens is 188 g/mol. The summed E-state index contributed by atoms with van der Waals surface area (Å²) >= 11 is 0. The average Bonchev–Trinajstić information content (AvgIpc) is 2.15. The molecule has 15 heavy (non-hydrogen) atoms. The standard InChI is InChI=1S/C12H18N2O/c1-7-6-8(2)10(4)11(9(7)3)14(5)12(13)15/h6H,1-5H3,(H2,13,15). The Balaban J connectivity index is 3.45. The van der Waals surface area contributed by atoms with Gasteiger partial charge >= 0.3 is 6.03 Å². The summed E-state index contributed by atoms with van der Waals surface area (Å²) in [7, 11) is 1.70. The second-order valence-electron chi connectivity index (χ2n) is 4.01. The summed E-state index contributed by atoms with van der Waals surface area (Å²) in [4.78, 5) is 12.7. The van der Waals surface area contributed by atoms with Gasteiger partial charge in [0, 0.05) is 7.05 Å². The number of hydrogen-bond acceptors (Lipinski definition) is 1. The zero-order valence-electron chi connectivity index (χ0n) is 10.0. The third kappa shape index (κ3) is 1.96. The van der Waals surface area contributed by atoms with E-state index in [1.807, 2.05) is 27.7 Å². The molecule has 0 heterocycles. The van der Waals surface area contributed by atoms with Crippen LogP contribution in [0.1, 0.15) is 22.3 Å². The number of urea groups is 1. The van der Waals surface area contributed by atoms with E-state index >= 15 is 0 Å². The number of amides is 2. The fourth-order valence-electron chi connectivity index (χ4n) is 1.81. The molecule has 2 N–H and O–H groups in total. The molecule has 0 fully saturated rings. The van der Waals surface area contributed by atoms with Crippen molar-refractivity contribution in [2.45, 2.75) is 27.7 Å². The minimum Gasteiger partial charge on any atom is -0.351 e. The SMILES string of the molecule is Cc1cc(C)c(C)c(N(C)C(N)=O)c1C. The van der Waals surface area contributed by atoms with Crippen LogP contribution in [0.2, 0.25) is 0 Å². The van der Waals surface area contributed by atoms with E-state index in [0.29, 0.717) is 0 Å². The van der Waals surface area contributed by atoms with Gasteiger partial charge < -0.3 is 5.73 Å².